The molecule has 2 N–H and O–H groups in total. The summed E-state index contributed by atoms with van der Waals surface area (Å²) < 4.78 is 4.36. The summed E-state index contributed by atoms with van der Waals surface area (Å²) >= 11 is 5.84. The third-order valence-corrected chi connectivity index (χ3v) is 5.12. The summed E-state index contributed by atoms with van der Waals surface area (Å²) in [4.78, 5) is 4.70. The van der Waals surface area contributed by atoms with Crippen molar-refractivity contribution in [3.05, 3.63) is 61.9 Å². The molecule has 1 unspecified atom stereocenters. The Labute approximate surface area is 145 Å². The van der Waals surface area contributed by atoms with E-state index in [4.69, 9.17) is 10.7 Å². The largest absolute Gasteiger partial charge is 0.331 e. The van der Waals surface area contributed by atoms with Crippen LogP contribution in [0, 0.1) is 3.57 Å². The molecule has 0 aliphatic rings. The van der Waals surface area contributed by atoms with Crippen LogP contribution in [0.4, 0.5) is 0 Å². The standard InChI is InChI=1S/C16H15BrIN3/c1-21-15-5-3-2-4-14(15)20-16(21)9-13(19)11-8-10(17)6-7-12(11)18/h2-8,13H,9,19H2,1H3. The van der Waals surface area contributed by atoms with E-state index in [0.29, 0.717) is 0 Å². The lowest BCUT2D eigenvalue weighted by atomic mass is 10.0. The molecule has 0 saturated carbocycles. The van der Waals surface area contributed by atoms with Gasteiger partial charge in [-0.05, 0) is 58.5 Å². The lowest BCUT2D eigenvalue weighted by Gasteiger charge is -2.14. The van der Waals surface area contributed by atoms with Crippen LogP contribution in [0.2, 0.25) is 0 Å². The van der Waals surface area contributed by atoms with Crippen molar-refractivity contribution in [3.8, 4) is 0 Å². The van der Waals surface area contributed by atoms with Gasteiger partial charge < -0.3 is 10.3 Å². The van der Waals surface area contributed by atoms with Gasteiger partial charge in [-0.15, -0.1) is 0 Å². The second-order valence-corrected chi connectivity index (χ2v) is 7.13. The van der Waals surface area contributed by atoms with Crippen molar-refractivity contribution in [1.29, 1.82) is 0 Å². The topological polar surface area (TPSA) is 43.8 Å². The highest BCUT2D eigenvalue weighted by Gasteiger charge is 2.15. The fourth-order valence-electron chi connectivity index (χ4n) is 2.48. The van der Waals surface area contributed by atoms with Crippen LogP contribution >= 0.6 is 38.5 Å². The molecule has 2 aromatic carbocycles. The summed E-state index contributed by atoms with van der Waals surface area (Å²) in [6, 6.07) is 14.3. The summed E-state index contributed by atoms with van der Waals surface area (Å²) in [6.07, 6.45) is 0.720. The van der Waals surface area contributed by atoms with Crippen molar-refractivity contribution >= 4 is 49.6 Å². The van der Waals surface area contributed by atoms with Gasteiger partial charge in [0.05, 0.1) is 11.0 Å². The minimum absolute atomic E-state index is 0.0649. The lowest BCUT2D eigenvalue weighted by Crippen LogP contribution is -2.17. The van der Waals surface area contributed by atoms with Gasteiger partial charge in [-0.3, -0.25) is 0 Å². The number of hydrogen-bond donors (Lipinski definition) is 1. The number of aromatic nitrogens is 2. The predicted octanol–water partition coefficient (Wildman–Crippen LogP) is 4.18. The molecule has 108 valence electrons. The molecule has 1 heterocycles. The molecule has 0 spiro atoms. The molecule has 0 amide bonds. The normalized spacial score (nSPS) is 12.8. The zero-order valence-electron chi connectivity index (χ0n) is 11.6. The maximum Gasteiger partial charge on any atom is 0.111 e. The van der Waals surface area contributed by atoms with Crippen LogP contribution in [0.5, 0.6) is 0 Å². The van der Waals surface area contributed by atoms with Gasteiger partial charge in [-0.25, -0.2) is 4.98 Å². The Morgan fingerprint density at radius 3 is 2.81 bits per heavy atom. The number of rotatable bonds is 3. The van der Waals surface area contributed by atoms with Crippen LogP contribution in [0.3, 0.4) is 0 Å². The molecule has 3 aromatic rings. The number of benzene rings is 2. The Hall–Kier alpha value is -0.920. The quantitative estimate of drug-likeness (QED) is 0.602. The van der Waals surface area contributed by atoms with Crippen molar-refractivity contribution in [3.63, 3.8) is 0 Å². The second-order valence-electron chi connectivity index (χ2n) is 5.05. The van der Waals surface area contributed by atoms with Crippen LogP contribution in [-0.4, -0.2) is 9.55 Å². The van der Waals surface area contributed by atoms with E-state index >= 15 is 0 Å². The van der Waals surface area contributed by atoms with Gasteiger partial charge >= 0.3 is 0 Å². The van der Waals surface area contributed by atoms with E-state index in [0.717, 1.165) is 33.3 Å². The molecule has 1 aromatic heterocycles. The van der Waals surface area contributed by atoms with Gasteiger partial charge in [-0.2, -0.15) is 0 Å². The monoisotopic (exact) mass is 455 g/mol. The summed E-state index contributed by atoms with van der Waals surface area (Å²) in [6.45, 7) is 0. The highest BCUT2D eigenvalue weighted by molar-refractivity contribution is 14.1. The van der Waals surface area contributed by atoms with Crippen molar-refractivity contribution in [2.24, 2.45) is 12.8 Å². The second kappa shape index (κ2) is 6.06. The smallest absolute Gasteiger partial charge is 0.111 e. The van der Waals surface area contributed by atoms with Crippen molar-refractivity contribution in [2.45, 2.75) is 12.5 Å². The number of hydrogen-bond acceptors (Lipinski definition) is 2. The molecular weight excluding hydrogens is 441 g/mol. The van der Waals surface area contributed by atoms with Gasteiger partial charge in [0.25, 0.3) is 0 Å². The van der Waals surface area contributed by atoms with E-state index in [1.807, 2.05) is 31.3 Å². The average Bonchev–Trinajstić information content (AvgIpc) is 2.78. The Kier molecular flexibility index (Phi) is 4.33. The molecule has 3 rings (SSSR count). The summed E-state index contributed by atoms with van der Waals surface area (Å²) in [5, 5.41) is 0. The Morgan fingerprint density at radius 1 is 1.29 bits per heavy atom. The molecule has 0 aliphatic carbocycles. The van der Waals surface area contributed by atoms with Crippen molar-refractivity contribution in [1.82, 2.24) is 9.55 Å². The Bertz CT molecular complexity index is 797. The molecule has 5 heteroatoms. The summed E-state index contributed by atoms with van der Waals surface area (Å²) in [5.41, 5.74) is 9.72. The highest BCUT2D eigenvalue weighted by Crippen LogP contribution is 2.26. The Morgan fingerprint density at radius 2 is 2.05 bits per heavy atom. The van der Waals surface area contributed by atoms with Crippen LogP contribution < -0.4 is 5.73 Å². The van der Waals surface area contributed by atoms with Crippen LogP contribution in [0.15, 0.2) is 46.9 Å². The zero-order chi connectivity index (χ0) is 15.0. The molecule has 1 atom stereocenters. The number of imidazole rings is 1. The molecule has 21 heavy (non-hydrogen) atoms. The molecule has 0 fully saturated rings. The van der Waals surface area contributed by atoms with Gasteiger partial charge in [0.2, 0.25) is 0 Å². The summed E-state index contributed by atoms with van der Waals surface area (Å²) in [7, 11) is 2.04. The van der Waals surface area contributed by atoms with Gasteiger partial charge in [0.1, 0.15) is 5.82 Å². The SMILES string of the molecule is Cn1c(CC(N)c2cc(Br)ccc2I)nc2ccccc21. The number of para-hydroxylation sites is 2. The molecule has 0 saturated heterocycles. The lowest BCUT2D eigenvalue weighted by molar-refractivity contribution is 0.662. The van der Waals surface area contributed by atoms with Gasteiger partial charge in [0, 0.05) is 27.6 Å². The number of halogens is 2. The third kappa shape index (κ3) is 3.00. The van der Waals surface area contributed by atoms with E-state index in [-0.39, 0.29) is 6.04 Å². The minimum atomic E-state index is -0.0649. The number of aryl methyl sites for hydroxylation is 1. The third-order valence-electron chi connectivity index (χ3n) is 3.64. The maximum atomic E-state index is 6.41. The van der Waals surface area contributed by atoms with Gasteiger partial charge in [0.15, 0.2) is 0 Å². The maximum absolute atomic E-state index is 6.41. The van der Waals surface area contributed by atoms with Crippen molar-refractivity contribution < 1.29 is 0 Å². The first kappa shape index (κ1) is 15.0. The Balaban J connectivity index is 1.94. The first-order chi connectivity index (χ1) is 10.1. The van der Waals surface area contributed by atoms with Crippen LogP contribution in [-0.2, 0) is 13.5 Å². The van der Waals surface area contributed by atoms with Crippen molar-refractivity contribution in [2.75, 3.05) is 0 Å². The van der Waals surface area contributed by atoms with E-state index in [1.54, 1.807) is 0 Å². The molecule has 0 bridgehead atoms. The predicted molar refractivity (Wildman–Crippen MR) is 98.2 cm³/mol. The fourth-order valence-corrected chi connectivity index (χ4v) is 3.60. The molecule has 3 nitrogen and oxygen atoms in total. The highest BCUT2D eigenvalue weighted by atomic mass is 127. The number of nitrogens with two attached hydrogens (primary N) is 1. The minimum Gasteiger partial charge on any atom is -0.331 e. The number of fused-ring (bicyclic) bond motifs is 1. The van der Waals surface area contributed by atoms with E-state index < -0.39 is 0 Å². The fraction of sp³-hybridized carbons (Fsp3) is 0.188. The van der Waals surface area contributed by atoms with Crippen LogP contribution in [0.1, 0.15) is 17.4 Å². The zero-order valence-corrected chi connectivity index (χ0v) is 15.3. The first-order valence-corrected chi connectivity index (χ1v) is 8.54. The molecular formula is C16H15BrIN3. The molecule has 0 radical (unpaired) electrons. The first-order valence-electron chi connectivity index (χ1n) is 6.67. The van der Waals surface area contributed by atoms with E-state index in [1.165, 1.54) is 3.57 Å². The van der Waals surface area contributed by atoms with E-state index in [2.05, 4.69) is 61.3 Å². The van der Waals surface area contributed by atoms with Crippen LogP contribution in [0.25, 0.3) is 11.0 Å². The van der Waals surface area contributed by atoms with E-state index in [9.17, 15) is 0 Å². The van der Waals surface area contributed by atoms with Gasteiger partial charge in [-0.1, -0.05) is 28.1 Å². The molecule has 0 aliphatic heterocycles. The average molecular weight is 456 g/mol. The summed E-state index contributed by atoms with van der Waals surface area (Å²) in [5.74, 6) is 1.01. The number of nitrogens with zero attached hydrogens (tertiary/aromatic N) is 2.